The van der Waals surface area contributed by atoms with Gasteiger partial charge in [0.1, 0.15) is 0 Å². The highest BCUT2D eigenvalue weighted by Gasteiger charge is 2.16. The van der Waals surface area contributed by atoms with Crippen molar-refractivity contribution in [2.45, 2.75) is 31.9 Å². The molecule has 0 aromatic heterocycles. The molecule has 104 valence electrons. The predicted molar refractivity (Wildman–Crippen MR) is 73.4 cm³/mol. The van der Waals surface area contributed by atoms with Crippen LogP contribution in [0.25, 0.3) is 0 Å². The Labute approximate surface area is 117 Å². The Bertz CT molecular complexity index is 448. The summed E-state index contributed by atoms with van der Waals surface area (Å²) in [5.41, 5.74) is 0.703. The normalized spacial score (nSPS) is 19.3. The number of benzene rings is 1. The summed E-state index contributed by atoms with van der Waals surface area (Å²) in [7, 11) is 0. The van der Waals surface area contributed by atoms with Crippen LogP contribution in [0.1, 0.15) is 24.8 Å². The highest BCUT2D eigenvalue weighted by atomic mass is 35.5. The third-order valence-corrected chi connectivity index (χ3v) is 3.43. The minimum absolute atomic E-state index is 0.0986. The lowest BCUT2D eigenvalue weighted by molar-refractivity contribution is -0.385. The summed E-state index contributed by atoms with van der Waals surface area (Å²) >= 11 is 5.87. The monoisotopic (exact) mass is 284 g/mol. The van der Waals surface area contributed by atoms with Gasteiger partial charge in [-0.3, -0.25) is 10.1 Å². The SMILES string of the molecule is O=[N+]([O-])c1ccc(Cl)cc1CNCC1CCCCO1. The van der Waals surface area contributed by atoms with Gasteiger partial charge in [-0.2, -0.15) is 0 Å². The summed E-state index contributed by atoms with van der Waals surface area (Å²) in [4.78, 5) is 10.5. The van der Waals surface area contributed by atoms with Crippen molar-refractivity contribution in [3.8, 4) is 0 Å². The molecule has 6 heteroatoms. The van der Waals surface area contributed by atoms with Crippen LogP contribution in [0.15, 0.2) is 18.2 Å². The summed E-state index contributed by atoms with van der Waals surface area (Å²) in [6.45, 7) is 1.95. The number of halogens is 1. The van der Waals surface area contributed by atoms with Gasteiger partial charge in [-0.1, -0.05) is 11.6 Å². The van der Waals surface area contributed by atoms with E-state index >= 15 is 0 Å². The molecule has 0 aliphatic carbocycles. The first kappa shape index (κ1) is 14.2. The van der Waals surface area contributed by atoms with Gasteiger partial charge in [0, 0.05) is 36.3 Å². The third-order valence-electron chi connectivity index (χ3n) is 3.20. The molecule has 1 atom stereocenters. The van der Waals surface area contributed by atoms with Gasteiger partial charge in [0.25, 0.3) is 5.69 Å². The summed E-state index contributed by atoms with van der Waals surface area (Å²) in [6, 6.07) is 4.61. The summed E-state index contributed by atoms with van der Waals surface area (Å²) in [5, 5.41) is 14.6. The maximum absolute atomic E-state index is 10.9. The summed E-state index contributed by atoms with van der Waals surface area (Å²) < 4.78 is 5.59. The van der Waals surface area contributed by atoms with Crippen molar-refractivity contribution >= 4 is 17.3 Å². The largest absolute Gasteiger partial charge is 0.377 e. The average molecular weight is 285 g/mol. The lowest BCUT2D eigenvalue weighted by Gasteiger charge is -2.22. The molecule has 0 radical (unpaired) electrons. The van der Waals surface area contributed by atoms with Crippen LogP contribution in [0, 0.1) is 10.1 Å². The molecule has 1 aromatic rings. The molecule has 1 fully saturated rings. The maximum Gasteiger partial charge on any atom is 0.273 e. The van der Waals surface area contributed by atoms with Crippen molar-refractivity contribution in [3.63, 3.8) is 0 Å². The van der Waals surface area contributed by atoms with Gasteiger partial charge in [-0.25, -0.2) is 0 Å². The highest BCUT2D eigenvalue weighted by Crippen LogP contribution is 2.22. The van der Waals surface area contributed by atoms with Crippen molar-refractivity contribution < 1.29 is 9.66 Å². The van der Waals surface area contributed by atoms with Gasteiger partial charge in [0.15, 0.2) is 0 Å². The van der Waals surface area contributed by atoms with Crippen LogP contribution in [-0.2, 0) is 11.3 Å². The topological polar surface area (TPSA) is 64.4 Å². The Morgan fingerprint density at radius 2 is 2.32 bits per heavy atom. The summed E-state index contributed by atoms with van der Waals surface area (Å²) in [6.07, 6.45) is 3.57. The van der Waals surface area contributed by atoms with E-state index in [0.29, 0.717) is 23.7 Å². The van der Waals surface area contributed by atoms with Crippen molar-refractivity contribution in [2.75, 3.05) is 13.2 Å². The molecular weight excluding hydrogens is 268 g/mol. The van der Waals surface area contributed by atoms with Crippen LogP contribution in [0.4, 0.5) is 5.69 Å². The van der Waals surface area contributed by atoms with Crippen molar-refractivity contribution in [1.29, 1.82) is 0 Å². The van der Waals surface area contributed by atoms with Crippen LogP contribution in [-0.4, -0.2) is 24.2 Å². The number of nitrogens with zero attached hydrogens (tertiary/aromatic N) is 1. The Hall–Kier alpha value is -1.17. The van der Waals surface area contributed by atoms with Crippen molar-refractivity contribution in [2.24, 2.45) is 0 Å². The number of hydrogen-bond donors (Lipinski definition) is 1. The fraction of sp³-hybridized carbons (Fsp3) is 0.538. The molecule has 0 saturated carbocycles. The number of rotatable bonds is 5. The van der Waals surface area contributed by atoms with Gasteiger partial charge in [0.05, 0.1) is 11.0 Å². The van der Waals surface area contributed by atoms with Crippen LogP contribution < -0.4 is 5.32 Å². The molecule has 1 unspecified atom stereocenters. The Kier molecular flexibility index (Phi) is 5.13. The van der Waals surface area contributed by atoms with E-state index in [4.69, 9.17) is 16.3 Å². The van der Waals surface area contributed by atoms with Gasteiger partial charge >= 0.3 is 0 Å². The molecule has 1 N–H and O–H groups in total. The van der Waals surface area contributed by atoms with Crippen LogP contribution in [0.3, 0.4) is 0 Å². The van der Waals surface area contributed by atoms with E-state index in [-0.39, 0.29) is 16.7 Å². The lowest BCUT2D eigenvalue weighted by Crippen LogP contribution is -2.31. The molecule has 2 rings (SSSR count). The lowest BCUT2D eigenvalue weighted by atomic mass is 10.1. The maximum atomic E-state index is 10.9. The molecule has 1 aliphatic heterocycles. The van der Waals surface area contributed by atoms with Crippen LogP contribution in [0.5, 0.6) is 0 Å². The molecule has 0 spiro atoms. The van der Waals surface area contributed by atoms with Gasteiger partial charge < -0.3 is 10.1 Å². The van der Waals surface area contributed by atoms with Gasteiger partial charge in [-0.05, 0) is 31.4 Å². The van der Waals surface area contributed by atoms with Crippen molar-refractivity contribution in [3.05, 3.63) is 38.9 Å². The second kappa shape index (κ2) is 6.84. The average Bonchev–Trinajstić information content (AvgIpc) is 2.39. The molecule has 5 nitrogen and oxygen atoms in total. The van der Waals surface area contributed by atoms with Crippen molar-refractivity contribution in [1.82, 2.24) is 5.32 Å². The zero-order chi connectivity index (χ0) is 13.7. The molecular formula is C13H17ClN2O3. The third kappa shape index (κ3) is 4.16. The molecule has 1 aromatic carbocycles. The molecule has 1 saturated heterocycles. The quantitative estimate of drug-likeness (QED) is 0.667. The molecule has 1 heterocycles. The van der Waals surface area contributed by atoms with E-state index in [0.717, 1.165) is 19.4 Å². The van der Waals surface area contributed by atoms with E-state index in [1.54, 1.807) is 6.07 Å². The van der Waals surface area contributed by atoms with Gasteiger partial charge in [-0.15, -0.1) is 0 Å². The van der Waals surface area contributed by atoms with E-state index in [9.17, 15) is 10.1 Å². The fourth-order valence-electron chi connectivity index (χ4n) is 2.21. The Morgan fingerprint density at radius 3 is 3.00 bits per heavy atom. The van der Waals surface area contributed by atoms with Gasteiger partial charge in [0.2, 0.25) is 0 Å². The molecule has 19 heavy (non-hydrogen) atoms. The summed E-state index contributed by atoms with van der Waals surface area (Å²) in [5.74, 6) is 0. The van der Waals surface area contributed by atoms with Crippen LogP contribution >= 0.6 is 11.6 Å². The Balaban J connectivity index is 1.91. The predicted octanol–water partition coefficient (Wildman–Crippen LogP) is 2.91. The number of nitrogens with one attached hydrogen (secondary N) is 1. The first-order chi connectivity index (χ1) is 9.16. The molecule has 0 bridgehead atoms. The second-order valence-electron chi connectivity index (χ2n) is 4.65. The number of nitro groups is 1. The molecule has 0 amide bonds. The van der Waals surface area contributed by atoms with E-state index in [2.05, 4.69) is 5.32 Å². The van der Waals surface area contributed by atoms with E-state index < -0.39 is 0 Å². The first-order valence-electron chi connectivity index (χ1n) is 6.42. The van der Waals surface area contributed by atoms with E-state index in [1.165, 1.54) is 18.6 Å². The zero-order valence-electron chi connectivity index (χ0n) is 10.6. The number of hydrogen-bond acceptors (Lipinski definition) is 4. The van der Waals surface area contributed by atoms with Crippen LogP contribution in [0.2, 0.25) is 5.02 Å². The first-order valence-corrected chi connectivity index (χ1v) is 6.80. The number of nitro benzene ring substituents is 1. The Morgan fingerprint density at radius 1 is 1.47 bits per heavy atom. The highest BCUT2D eigenvalue weighted by molar-refractivity contribution is 6.30. The minimum atomic E-state index is -0.384. The number of ether oxygens (including phenoxy) is 1. The minimum Gasteiger partial charge on any atom is -0.377 e. The smallest absolute Gasteiger partial charge is 0.273 e. The molecule has 1 aliphatic rings. The fourth-order valence-corrected chi connectivity index (χ4v) is 2.40. The standard InChI is InChI=1S/C13H17ClN2O3/c14-11-4-5-13(16(17)18)10(7-11)8-15-9-12-3-1-2-6-19-12/h4-5,7,12,15H,1-3,6,8-9H2. The van der Waals surface area contributed by atoms with E-state index in [1.807, 2.05) is 0 Å². The zero-order valence-corrected chi connectivity index (χ0v) is 11.4. The second-order valence-corrected chi connectivity index (χ2v) is 5.09.